The quantitative estimate of drug-likeness (QED) is 0.136. The first-order chi connectivity index (χ1) is 22.0. The lowest BCUT2D eigenvalue weighted by Gasteiger charge is -2.26. The Morgan fingerprint density at radius 2 is 1.93 bits per heavy atom. The van der Waals surface area contributed by atoms with Gasteiger partial charge in [-0.05, 0) is 32.3 Å². The van der Waals surface area contributed by atoms with Crippen LogP contribution in [-0.2, 0) is 26.1 Å². The number of para-hydroxylation sites is 1. The maximum absolute atomic E-state index is 14.5. The lowest BCUT2D eigenvalue weighted by Crippen LogP contribution is -2.29. The number of methoxy groups -OCH3 is 1. The Hall–Kier alpha value is -4.69. The maximum atomic E-state index is 14.5. The zero-order valence-corrected chi connectivity index (χ0v) is 25.3. The molecule has 0 unspecified atom stereocenters. The summed E-state index contributed by atoms with van der Waals surface area (Å²) in [6, 6.07) is 3.60. The normalized spacial score (nSPS) is 13.3. The molecule has 0 aliphatic rings. The van der Waals surface area contributed by atoms with Crippen LogP contribution in [0.2, 0.25) is 0 Å². The predicted octanol–water partition coefficient (Wildman–Crippen LogP) is 4.11. The van der Waals surface area contributed by atoms with Crippen LogP contribution in [-0.4, -0.2) is 81.4 Å². The number of hydrogen-bond donors (Lipinski definition) is 2. The standard InChI is InChI=1S/C29H34FN7O5S/c1-35(2)13-14-36(3)26-16-27(41-5)24(15-23(26)32-28(38)21(30)18-42-43(6,39)40)34-29-31-12-11-22(33-29)20-17-37(4)25-10-8-7-9-19(20)25/h7-12,15-18H,13-14H2,1-6H3,(H,32,38)(H,31,33,34)/b21-18-/i7D,8D,9D,10D. The Kier molecular flexibility index (Phi) is 7.91. The molecule has 43 heavy (non-hydrogen) atoms. The molecular weight excluding hydrogens is 577 g/mol. The molecule has 0 aliphatic heterocycles. The number of rotatable bonds is 12. The second-order valence-electron chi connectivity index (χ2n) is 9.78. The van der Waals surface area contributed by atoms with Gasteiger partial charge in [0.05, 0.1) is 41.6 Å². The number of halogens is 1. The molecule has 0 aliphatic carbocycles. The number of hydrogen-bond acceptors (Lipinski definition) is 10. The van der Waals surface area contributed by atoms with Crippen molar-refractivity contribution >= 4 is 49.9 Å². The molecule has 4 rings (SSSR count). The molecule has 2 aromatic carbocycles. The van der Waals surface area contributed by atoms with Gasteiger partial charge >= 0.3 is 10.1 Å². The summed E-state index contributed by atoms with van der Waals surface area (Å²) in [5.74, 6) is -2.34. The smallest absolute Gasteiger partial charge is 0.305 e. The number of likely N-dealkylation sites (N-methyl/N-ethyl adjacent to an activating group) is 2. The number of anilines is 4. The van der Waals surface area contributed by atoms with Crippen LogP contribution in [0.15, 0.2) is 66.9 Å². The number of carbonyl (C=O) groups is 1. The van der Waals surface area contributed by atoms with Crippen molar-refractivity contribution in [2.24, 2.45) is 7.05 Å². The lowest BCUT2D eigenvalue weighted by molar-refractivity contribution is -0.114. The van der Waals surface area contributed by atoms with E-state index < -0.39 is 21.9 Å². The number of benzene rings is 2. The SMILES string of the molecule is [2H]c1c([2H])c([2H])c2c(c(-c3ccnc(Nc4cc(NC(=O)/C(F)=C/OS(C)(=O)=O)c(N(C)CCN(C)C)cc4OC)n3)cn2C)c1[2H]. The van der Waals surface area contributed by atoms with E-state index in [2.05, 4.69) is 24.8 Å². The molecule has 0 atom stereocenters. The summed E-state index contributed by atoms with van der Waals surface area (Å²) in [7, 11) is 4.63. The largest absolute Gasteiger partial charge is 0.494 e. The van der Waals surface area contributed by atoms with Gasteiger partial charge in [0.25, 0.3) is 5.91 Å². The van der Waals surface area contributed by atoms with Gasteiger partial charge in [-0.1, -0.05) is 18.1 Å². The number of amides is 1. The zero-order chi connectivity index (χ0) is 34.8. The van der Waals surface area contributed by atoms with Crippen LogP contribution < -0.4 is 20.3 Å². The fourth-order valence-electron chi connectivity index (χ4n) is 4.06. The summed E-state index contributed by atoms with van der Waals surface area (Å²) >= 11 is 0. The molecule has 0 radical (unpaired) electrons. The van der Waals surface area contributed by atoms with Gasteiger partial charge in [-0.25, -0.2) is 9.97 Å². The third kappa shape index (κ3) is 7.78. The highest BCUT2D eigenvalue weighted by Gasteiger charge is 2.20. The molecular formula is C29H34FN7O5S. The first-order valence-corrected chi connectivity index (χ1v) is 14.6. The van der Waals surface area contributed by atoms with Gasteiger partial charge in [-0.15, -0.1) is 0 Å². The van der Waals surface area contributed by atoms with E-state index in [0.717, 1.165) is 0 Å². The van der Waals surface area contributed by atoms with Crippen LogP contribution >= 0.6 is 0 Å². The number of aryl methyl sites for hydroxylation is 1. The van der Waals surface area contributed by atoms with Crippen molar-refractivity contribution in [3.63, 3.8) is 0 Å². The summed E-state index contributed by atoms with van der Waals surface area (Å²) < 4.78 is 81.7. The van der Waals surface area contributed by atoms with Crippen molar-refractivity contribution in [2.75, 3.05) is 63.1 Å². The predicted molar refractivity (Wildman–Crippen MR) is 166 cm³/mol. The molecule has 0 spiro atoms. The minimum atomic E-state index is -4.04. The van der Waals surface area contributed by atoms with Gasteiger partial charge in [0, 0.05) is 62.1 Å². The van der Waals surface area contributed by atoms with Gasteiger partial charge in [0.15, 0.2) is 0 Å². The fourth-order valence-corrected chi connectivity index (χ4v) is 4.32. The molecule has 2 N–H and O–H groups in total. The Morgan fingerprint density at radius 3 is 2.63 bits per heavy atom. The molecule has 228 valence electrons. The van der Waals surface area contributed by atoms with E-state index >= 15 is 0 Å². The number of nitrogens with zero attached hydrogens (tertiary/aromatic N) is 5. The van der Waals surface area contributed by atoms with Crippen molar-refractivity contribution in [3.05, 3.63) is 66.9 Å². The third-order valence-corrected chi connectivity index (χ3v) is 6.64. The minimum Gasteiger partial charge on any atom is -0.494 e. The Labute approximate surface area is 255 Å². The zero-order valence-electron chi connectivity index (χ0n) is 28.4. The number of fused-ring (bicyclic) bond motifs is 1. The van der Waals surface area contributed by atoms with Gasteiger partial charge in [0.2, 0.25) is 11.8 Å². The summed E-state index contributed by atoms with van der Waals surface area (Å²) in [6.07, 6.45) is 4.04. The number of ether oxygens (including phenoxy) is 1. The molecule has 2 aromatic heterocycles. The highest BCUT2D eigenvalue weighted by molar-refractivity contribution is 7.86. The van der Waals surface area contributed by atoms with E-state index in [0.29, 0.717) is 52.9 Å². The van der Waals surface area contributed by atoms with Gasteiger partial charge in [0.1, 0.15) is 12.0 Å². The molecule has 1 amide bonds. The summed E-state index contributed by atoms with van der Waals surface area (Å²) in [5.41, 5.74) is 2.02. The third-order valence-electron chi connectivity index (χ3n) is 6.19. The maximum Gasteiger partial charge on any atom is 0.305 e. The monoisotopic (exact) mass is 615 g/mol. The molecule has 0 saturated heterocycles. The van der Waals surface area contributed by atoms with E-state index in [1.807, 2.05) is 23.9 Å². The van der Waals surface area contributed by atoms with Crippen LogP contribution in [0.4, 0.5) is 27.4 Å². The molecule has 14 heteroatoms. The molecule has 0 saturated carbocycles. The Balaban J connectivity index is 1.77. The van der Waals surface area contributed by atoms with Crippen molar-refractivity contribution < 1.29 is 32.0 Å². The van der Waals surface area contributed by atoms with Gasteiger partial charge < -0.3 is 33.9 Å². The van der Waals surface area contributed by atoms with Crippen molar-refractivity contribution in [1.82, 2.24) is 19.4 Å². The molecule has 2 heterocycles. The molecule has 12 nitrogen and oxygen atoms in total. The Bertz CT molecular complexity index is 1990. The number of nitrogens with one attached hydrogen (secondary N) is 2. The Morgan fingerprint density at radius 1 is 1.19 bits per heavy atom. The molecule has 0 bridgehead atoms. The van der Waals surface area contributed by atoms with Crippen LogP contribution in [0.3, 0.4) is 0 Å². The summed E-state index contributed by atoms with van der Waals surface area (Å²) in [5, 5.41) is 5.79. The lowest BCUT2D eigenvalue weighted by atomic mass is 10.1. The van der Waals surface area contributed by atoms with Crippen LogP contribution in [0, 0.1) is 0 Å². The van der Waals surface area contributed by atoms with Crippen LogP contribution in [0.5, 0.6) is 5.75 Å². The van der Waals surface area contributed by atoms with E-state index in [4.69, 9.17) is 10.2 Å². The van der Waals surface area contributed by atoms with Crippen molar-refractivity contribution in [2.45, 2.75) is 0 Å². The highest BCUT2D eigenvalue weighted by atomic mass is 32.2. The first-order valence-electron chi connectivity index (χ1n) is 14.8. The van der Waals surface area contributed by atoms with E-state index in [9.17, 15) is 17.6 Å². The average Bonchev–Trinajstić information content (AvgIpc) is 3.37. The second-order valence-corrected chi connectivity index (χ2v) is 11.4. The second kappa shape index (κ2) is 13.1. The highest BCUT2D eigenvalue weighted by Crippen LogP contribution is 2.38. The van der Waals surface area contributed by atoms with Gasteiger partial charge in [-0.3, -0.25) is 4.79 Å². The number of carbonyl (C=O) groups excluding carboxylic acids is 1. The summed E-state index contributed by atoms with van der Waals surface area (Å²) in [6.45, 7) is 1.15. The van der Waals surface area contributed by atoms with Crippen molar-refractivity contribution in [3.8, 4) is 17.0 Å². The molecule has 4 aromatic rings. The molecule has 0 fully saturated rings. The average molecular weight is 616 g/mol. The summed E-state index contributed by atoms with van der Waals surface area (Å²) in [4.78, 5) is 25.4. The first kappa shape index (κ1) is 26.0. The van der Waals surface area contributed by atoms with Crippen LogP contribution in [0.25, 0.3) is 22.2 Å². The van der Waals surface area contributed by atoms with Crippen LogP contribution in [0.1, 0.15) is 5.48 Å². The topological polar surface area (TPSA) is 131 Å². The van der Waals surface area contributed by atoms with Gasteiger partial charge in [-0.2, -0.15) is 12.8 Å². The van der Waals surface area contributed by atoms with E-state index in [1.165, 1.54) is 19.4 Å². The van der Waals surface area contributed by atoms with E-state index in [1.54, 1.807) is 37.0 Å². The number of aromatic nitrogens is 3. The van der Waals surface area contributed by atoms with Crippen molar-refractivity contribution in [1.29, 1.82) is 0 Å². The van der Waals surface area contributed by atoms with E-state index in [-0.39, 0.29) is 47.8 Å². The minimum absolute atomic E-state index is 0.0808. The fraction of sp³-hybridized carbons (Fsp3) is 0.276.